The average Bonchev–Trinajstić information content (AvgIpc) is 2.65. The van der Waals surface area contributed by atoms with Crippen LogP contribution in [0.5, 0.6) is 23.0 Å². The Hall–Kier alpha value is -2.40. The summed E-state index contributed by atoms with van der Waals surface area (Å²) in [5.74, 6) is 1.27. The Balaban J connectivity index is 0.00000109. The number of fused-ring (bicyclic) bond motifs is 1. The fourth-order valence-corrected chi connectivity index (χ4v) is 3.09. The van der Waals surface area contributed by atoms with Crippen LogP contribution in [-0.2, 0) is 12.8 Å². The van der Waals surface area contributed by atoms with Gasteiger partial charge in [-0.25, -0.2) is 0 Å². The van der Waals surface area contributed by atoms with Gasteiger partial charge in [-0.2, -0.15) is 0 Å². The van der Waals surface area contributed by atoms with Crippen LogP contribution < -0.4 is 14.8 Å². The number of hydrogen-bond acceptors (Lipinski definition) is 5. The number of phenolic OH excluding ortho intramolecular Hbond substituents is 2. The highest BCUT2D eigenvalue weighted by Crippen LogP contribution is 2.36. The van der Waals surface area contributed by atoms with Gasteiger partial charge in [0.15, 0.2) is 23.0 Å². The zero-order valence-corrected chi connectivity index (χ0v) is 15.3. The van der Waals surface area contributed by atoms with Crippen LogP contribution in [0.25, 0.3) is 0 Å². The first kappa shape index (κ1) is 18.9. The SMILES string of the molecule is CC.COc1cc(CC2NCCc3cc(OC)c(O)cc32)ccc1O. The van der Waals surface area contributed by atoms with E-state index >= 15 is 0 Å². The van der Waals surface area contributed by atoms with Crippen LogP contribution in [0.2, 0.25) is 0 Å². The summed E-state index contributed by atoms with van der Waals surface area (Å²) in [6.07, 6.45) is 1.65. The lowest BCUT2D eigenvalue weighted by Gasteiger charge is -2.28. The van der Waals surface area contributed by atoms with E-state index in [0.717, 1.165) is 30.5 Å². The summed E-state index contributed by atoms with van der Waals surface area (Å²) in [5, 5.41) is 23.3. The van der Waals surface area contributed by atoms with E-state index in [-0.39, 0.29) is 17.5 Å². The minimum atomic E-state index is 0.102. The molecule has 0 radical (unpaired) electrons. The van der Waals surface area contributed by atoms with E-state index in [9.17, 15) is 10.2 Å². The van der Waals surface area contributed by atoms with Crippen molar-refractivity contribution in [3.8, 4) is 23.0 Å². The summed E-state index contributed by atoms with van der Waals surface area (Å²) in [6.45, 7) is 4.88. The third kappa shape index (κ3) is 4.17. The van der Waals surface area contributed by atoms with E-state index in [0.29, 0.717) is 11.5 Å². The van der Waals surface area contributed by atoms with Gasteiger partial charge >= 0.3 is 0 Å². The number of rotatable bonds is 4. The Morgan fingerprint density at radius 1 is 1.00 bits per heavy atom. The van der Waals surface area contributed by atoms with Gasteiger partial charge in [0, 0.05) is 6.04 Å². The number of aromatic hydroxyl groups is 2. The van der Waals surface area contributed by atoms with Crippen molar-refractivity contribution < 1.29 is 19.7 Å². The van der Waals surface area contributed by atoms with Crippen LogP contribution in [0.1, 0.15) is 36.6 Å². The van der Waals surface area contributed by atoms with E-state index in [1.54, 1.807) is 19.2 Å². The molecule has 0 spiro atoms. The van der Waals surface area contributed by atoms with E-state index in [1.165, 1.54) is 12.7 Å². The van der Waals surface area contributed by atoms with Gasteiger partial charge in [-0.3, -0.25) is 0 Å². The third-order valence-corrected chi connectivity index (χ3v) is 4.29. The second kappa shape index (κ2) is 8.62. The summed E-state index contributed by atoms with van der Waals surface area (Å²) in [7, 11) is 3.10. The maximum atomic E-state index is 10.1. The second-order valence-corrected chi connectivity index (χ2v) is 5.69. The maximum Gasteiger partial charge on any atom is 0.160 e. The van der Waals surface area contributed by atoms with Crippen molar-refractivity contribution in [2.24, 2.45) is 0 Å². The molecule has 2 aromatic carbocycles. The van der Waals surface area contributed by atoms with Gasteiger partial charge in [-0.15, -0.1) is 0 Å². The lowest BCUT2D eigenvalue weighted by molar-refractivity contribution is 0.369. The van der Waals surface area contributed by atoms with Gasteiger partial charge in [0.1, 0.15) is 0 Å². The quantitative estimate of drug-likeness (QED) is 0.790. The Kier molecular flexibility index (Phi) is 6.53. The van der Waals surface area contributed by atoms with Crippen molar-refractivity contribution in [2.45, 2.75) is 32.7 Å². The van der Waals surface area contributed by atoms with Crippen molar-refractivity contribution in [3.05, 3.63) is 47.0 Å². The topological polar surface area (TPSA) is 71.0 Å². The molecular weight excluding hydrogens is 318 g/mol. The normalized spacial score (nSPS) is 15.6. The Morgan fingerprint density at radius 3 is 2.36 bits per heavy atom. The summed E-state index contributed by atoms with van der Waals surface area (Å²) in [4.78, 5) is 0. The van der Waals surface area contributed by atoms with Crippen molar-refractivity contribution >= 4 is 0 Å². The van der Waals surface area contributed by atoms with Gasteiger partial charge in [-0.05, 0) is 60.3 Å². The molecule has 0 aliphatic carbocycles. The molecule has 0 bridgehead atoms. The van der Waals surface area contributed by atoms with Gasteiger partial charge in [-0.1, -0.05) is 19.9 Å². The molecule has 0 fully saturated rings. The minimum absolute atomic E-state index is 0.102. The zero-order chi connectivity index (χ0) is 18.4. The first-order chi connectivity index (χ1) is 12.1. The zero-order valence-electron chi connectivity index (χ0n) is 15.3. The summed E-state index contributed by atoms with van der Waals surface area (Å²) < 4.78 is 10.4. The predicted octanol–water partition coefficient (Wildman–Crippen LogP) is 3.57. The molecule has 0 saturated carbocycles. The Morgan fingerprint density at radius 2 is 1.68 bits per heavy atom. The Labute approximate surface area is 149 Å². The molecule has 136 valence electrons. The van der Waals surface area contributed by atoms with Crippen LogP contribution in [0.15, 0.2) is 30.3 Å². The number of nitrogens with one attached hydrogen (secondary N) is 1. The van der Waals surface area contributed by atoms with Crippen LogP contribution in [0.3, 0.4) is 0 Å². The molecule has 1 unspecified atom stereocenters. The van der Waals surface area contributed by atoms with Crippen molar-refractivity contribution in [3.63, 3.8) is 0 Å². The molecule has 1 aliphatic heterocycles. The van der Waals surface area contributed by atoms with Gasteiger partial charge in [0.05, 0.1) is 14.2 Å². The second-order valence-electron chi connectivity index (χ2n) is 5.69. The standard InChI is InChI=1S/C18H21NO4.C2H6/c1-22-17-8-11(3-4-15(17)20)7-14-13-10-16(21)18(23-2)9-12(13)5-6-19-14;1-2/h3-4,8-10,14,19-21H,5-7H2,1-2H3;1-2H3. The molecule has 3 rings (SSSR count). The fourth-order valence-electron chi connectivity index (χ4n) is 3.09. The smallest absolute Gasteiger partial charge is 0.160 e. The molecular formula is C20H27NO4. The van der Waals surface area contributed by atoms with Crippen LogP contribution in [0, 0.1) is 0 Å². The summed E-state index contributed by atoms with van der Waals surface area (Å²) >= 11 is 0. The molecule has 0 amide bonds. The molecule has 5 nitrogen and oxygen atoms in total. The molecule has 3 N–H and O–H groups in total. The Bertz CT molecular complexity index is 715. The highest BCUT2D eigenvalue weighted by molar-refractivity contribution is 5.49. The van der Waals surface area contributed by atoms with Crippen LogP contribution >= 0.6 is 0 Å². The third-order valence-electron chi connectivity index (χ3n) is 4.29. The van der Waals surface area contributed by atoms with Gasteiger partial charge < -0.3 is 25.0 Å². The highest BCUT2D eigenvalue weighted by atomic mass is 16.5. The maximum absolute atomic E-state index is 10.1. The monoisotopic (exact) mass is 345 g/mol. The fraction of sp³-hybridized carbons (Fsp3) is 0.400. The number of ether oxygens (including phenoxy) is 2. The molecule has 2 aromatic rings. The molecule has 1 heterocycles. The number of methoxy groups -OCH3 is 2. The first-order valence-corrected chi connectivity index (χ1v) is 8.61. The van der Waals surface area contributed by atoms with E-state index in [2.05, 4.69) is 5.32 Å². The van der Waals surface area contributed by atoms with Crippen molar-refractivity contribution in [2.75, 3.05) is 20.8 Å². The summed E-state index contributed by atoms with van der Waals surface area (Å²) in [6, 6.07) is 9.16. The van der Waals surface area contributed by atoms with Crippen molar-refractivity contribution in [1.82, 2.24) is 5.32 Å². The van der Waals surface area contributed by atoms with E-state index in [1.807, 2.05) is 32.0 Å². The van der Waals surface area contributed by atoms with Crippen LogP contribution in [-0.4, -0.2) is 31.0 Å². The lowest BCUT2D eigenvalue weighted by Crippen LogP contribution is -2.31. The van der Waals surface area contributed by atoms with Crippen molar-refractivity contribution in [1.29, 1.82) is 0 Å². The highest BCUT2D eigenvalue weighted by Gasteiger charge is 2.22. The molecule has 25 heavy (non-hydrogen) atoms. The molecule has 1 atom stereocenters. The predicted molar refractivity (Wildman–Crippen MR) is 98.8 cm³/mol. The molecule has 1 aliphatic rings. The molecule has 0 saturated heterocycles. The molecule has 5 heteroatoms. The number of hydrogen-bond donors (Lipinski definition) is 3. The largest absolute Gasteiger partial charge is 0.504 e. The number of benzene rings is 2. The van der Waals surface area contributed by atoms with E-state index < -0.39 is 0 Å². The van der Waals surface area contributed by atoms with Crippen LogP contribution in [0.4, 0.5) is 0 Å². The minimum Gasteiger partial charge on any atom is -0.504 e. The van der Waals surface area contributed by atoms with E-state index in [4.69, 9.17) is 9.47 Å². The number of phenols is 2. The van der Waals surface area contributed by atoms with Gasteiger partial charge in [0.2, 0.25) is 0 Å². The van der Waals surface area contributed by atoms with Gasteiger partial charge in [0.25, 0.3) is 0 Å². The molecule has 0 aromatic heterocycles. The average molecular weight is 345 g/mol. The first-order valence-electron chi connectivity index (χ1n) is 8.61. The lowest BCUT2D eigenvalue weighted by atomic mass is 9.90. The summed E-state index contributed by atoms with van der Waals surface area (Å²) in [5.41, 5.74) is 3.33.